The van der Waals surface area contributed by atoms with Gasteiger partial charge in [0.15, 0.2) is 5.82 Å². The number of aromatic nitrogens is 1. The van der Waals surface area contributed by atoms with Gasteiger partial charge in [-0.3, -0.25) is 4.72 Å². The van der Waals surface area contributed by atoms with Crippen LogP contribution in [0.5, 0.6) is 0 Å². The second-order valence-corrected chi connectivity index (χ2v) is 6.31. The molecule has 102 valence electrons. The van der Waals surface area contributed by atoms with E-state index in [4.69, 9.17) is 11.0 Å². The van der Waals surface area contributed by atoms with Crippen molar-refractivity contribution in [2.24, 2.45) is 0 Å². The highest BCUT2D eigenvalue weighted by Crippen LogP contribution is 2.25. The van der Waals surface area contributed by atoms with Crippen LogP contribution >= 0.6 is 15.9 Å². The minimum atomic E-state index is -3.87. The van der Waals surface area contributed by atoms with Crippen LogP contribution < -0.4 is 10.5 Å². The van der Waals surface area contributed by atoms with Gasteiger partial charge in [-0.1, -0.05) is 0 Å². The summed E-state index contributed by atoms with van der Waals surface area (Å²) in [5.41, 5.74) is 5.97. The Bertz CT molecular complexity index is 799. The molecule has 0 spiro atoms. The van der Waals surface area contributed by atoms with Crippen molar-refractivity contribution < 1.29 is 8.42 Å². The summed E-state index contributed by atoms with van der Waals surface area (Å²) in [5, 5.41) is 8.74. The molecule has 0 aliphatic heterocycles. The van der Waals surface area contributed by atoms with Crippen LogP contribution in [0.25, 0.3) is 0 Å². The summed E-state index contributed by atoms with van der Waals surface area (Å²) in [7, 11) is -3.87. The molecule has 0 saturated carbocycles. The molecular weight excluding hydrogens is 344 g/mol. The molecule has 0 aliphatic carbocycles. The van der Waals surface area contributed by atoms with E-state index in [0.717, 1.165) is 0 Å². The Kier molecular flexibility index (Phi) is 3.92. The second kappa shape index (κ2) is 5.48. The van der Waals surface area contributed by atoms with Gasteiger partial charge >= 0.3 is 0 Å². The number of nitrogens with one attached hydrogen (secondary N) is 1. The summed E-state index contributed by atoms with van der Waals surface area (Å²) in [6, 6.07) is 9.19. The highest BCUT2D eigenvalue weighted by Gasteiger charge is 2.19. The number of nitrogens with zero attached hydrogens (tertiary/aromatic N) is 2. The molecule has 0 bridgehead atoms. The van der Waals surface area contributed by atoms with Crippen LogP contribution in [0.2, 0.25) is 0 Å². The normalized spacial score (nSPS) is 10.8. The van der Waals surface area contributed by atoms with Gasteiger partial charge in [0.25, 0.3) is 10.0 Å². The predicted octanol–water partition coefficient (Wildman–Crippen LogP) is 2.10. The minimum Gasteiger partial charge on any atom is -0.398 e. The van der Waals surface area contributed by atoms with Gasteiger partial charge in [-0.15, -0.1) is 0 Å². The van der Waals surface area contributed by atoms with Gasteiger partial charge in [-0.2, -0.15) is 5.26 Å². The molecule has 0 fully saturated rings. The fourth-order valence-electron chi connectivity index (χ4n) is 1.51. The third kappa shape index (κ3) is 2.89. The van der Waals surface area contributed by atoms with E-state index in [9.17, 15) is 8.42 Å². The molecule has 1 aromatic heterocycles. The lowest BCUT2D eigenvalue weighted by molar-refractivity contribution is 0.601. The summed E-state index contributed by atoms with van der Waals surface area (Å²) in [6.07, 6.45) is 1.46. The van der Waals surface area contributed by atoms with Crippen molar-refractivity contribution >= 4 is 37.5 Å². The standard InChI is InChI=1S/C12H9BrN4O2S/c13-9-2-1-5-16-12(9)17-20(18,19)11-4-3-8(7-14)6-10(11)15/h1-6H,15H2,(H,16,17). The van der Waals surface area contributed by atoms with Gasteiger partial charge in [0.2, 0.25) is 0 Å². The molecule has 3 N–H and O–H groups in total. The monoisotopic (exact) mass is 352 g/mol. The van der Waals surface area contributed by atoms with Crippen LogP contribution in [0, 0.1) is 11.3 Å². The van der Waals surface area contributed by atoms with Crippen molar-refractivity contribution in [2.75, 3.05) is 10.5 Å². The number of anilines is 2. The maximum Gasteiger partial charge on any atom is 0.265 e. The first-order chi connectivity index (χ1) is 9.44. The zero-order valence-corrected chi connectivity index (χ0v) is 12.4. The topological polar surface area (TPSA) is 109 Å². The molecule has 0 radical (unpaired) electrons. The van der Waals surface area contributed by atoms with E-state index in [1.54, 1.807) is 12.1 Å². The van der Waals surface area contributed by atoms with Crippen LogP contribution in [-0.2, 0) is 10.0 Å². The third-order valence-electron chi connectivity index (χ3n) is 2.42. The first kappa shape index (κ1) is 14.3. The molecule has 2 aromatic rings. The van der Waals surface area contributed by atoms with Crippen LogP contribution in [0.4, 0.5) is 11.5 Å². The molecule has 0 aliphatic rings. The number of nitrogens with two attached hydrogens (primary N) is 1. The Morgan fingerprint density at radius 3 is 2.70 bits per heavy atom. The molecule has 0 amide bonds. The highest BCUT2D eigenvalue weighted by molar-refractivity contribution is 9.10. The lowest BCUT2D eigenvalue weighted by Crippen LogP contribution is -2.16. The molecule has 8 heteroatoms. The van der Waals surface area contributed by atoms with Crippen molar-refractivity contribution in [1.29, 1.82) is 5.26 Å². The predicted molar refractivity (Wildman–Crippen MR) is 78.3 cm³/mol. The van der Waals surface area contributed by atoms with E-state index in [-0.39, 0.29) is 16.4 Å². The Balaban J connectivity index is 2.42. The largest absolute Gasteiger partial charge is 0.398 e. The number of pyridine rings is 1. The molecule has 0 atom stereocenters. The average Bonchev–Trinajstić information content (AvgIpc) is 2.40. The number of nitrogen functional groups attached to an aromatic ring is 1. The van der Waals surface area contributed by atoms with E-state index in [1.807, 2.05) is 6.07 Å². The van der Waals surface area contributed by atoms with E-state index in [2.05, 4.69) is 25.6 Å². The van der Waals surface area contributed by atoms with Gasteiger partial charge in [0.05, 0.1) is 21.8 Å². The SMILES string of the molecule is N#Cc1ccc(S(=O)(=O)Nc2ncccc2Br)c(N)c1. The number of nitriles is 1. The zero-order chi connectivity index (χ0) is 14.8. The summed E-state index contributed by atoms with van der Waals surface area (Å²) in [5.74, 6) is 0.163. The Morgan fingerprint density at radius 1 is 1.35 bits per heavy atom. The lowest BCUT2D eigenvalue weighted by Gasteiger charge is -2.10. The highest BCUT2D eigenvalue weighted by atomic mass is 79.9. The molecule has 2 rings (SSSR count). The smallest absolute Gasteiger partial charge is 0.265 e. The van der Waals surface area contributed by atoms with Gasteiger partial charge in [-0.05, 0) is 46.3 Å². The number of hydrogen-bond donors (Lipinski definition) is 2. The average molecular weight is 353 g/mol. The Morgan fingerprint density at radius 2 is 2.10 bits per heavy atom. The van der Waals surface area contributed by atoms with Crippen molar-refractivity contribution in [3.8, 4) is 6.07 Å². The first-order valence-corrected chi connectivity index (χ1v) is 7.64. The second-order valence-electron chi connectivity index (χ2n) is 3.80. The molecule has 20 heavy (non-hydrogen) atoms. The molecule has 0 unspecified atom stereocenters. The quantitative estimate of drug-likeness (QED) is 0.822. The van der Waals surface area contributed by atoms with E-state index < -0.39 is 10.0 Å². The van der Waals surface area contributed by atoms with Crippen molar-refractivity contribution in [3.63, 3.8) is 0 Å². The maximum atomic E-state index is 12.2. The van der Waals surface area contributed by atoms with Crippen LogP contribution in [-0.4, -0.2) is 13.4 Å². The number of hydrogen-bond acceptors (Lipinski definition) is 5. The van der Waals surface area contributed by atoms with Crippen LogP contribution in [0.15, 0.2) is 45.9 Å². The summed E-state index contributed by atoms with van der Waals surface area (Å²) < 4.78 is 27.3. The van der Waals surface area contributed by atoms with Crippen molar-refractivity contribution in [3.05, 3.63) is 46.6 Å². The van der Waals surface area contributed by atoms with Gasteiger partial charge in [-0.25, -0.2) is 13.4 Å². The maximum absolute atomic E-state index is 12.2. The fraction of sp³-hybridized carbons (Fsp3) is 0. The minimum absolute atomic E-state index is 0.00334. The van der Waals surface area contributed by atoms with Gasteiger partial charge in [0.1, 0.15) is 4.90 Å². The number of rotatable bonds is 3. The molecule has 1 aromatic carbocycles. The first-order valence-electron chi connectivity index (χ1n) is 5.37. The third-order valence-corrected chi connectivity index (χ3v) is 4.47. The van der Waals surface area contributed by atoms with E-state index in [0.29, 0.717) is 10.0 Å². The van der Waals surface area contributed by atoms with Crippen molar-refractivity contribution in [2.45, 2.75) is 4.90 Å². The molecule has 1 heterocycles. The van der Waals surface area contributed by atoms with Gasteiger partial charge < -0.3 is 5.73 Å². The van der Waals surface area contributed by atoms with Crippen molar-refractivity contribution in [1.82, 2.24) is 4.98 Å². The zero-order valence-electron chi connectivity index (χ0n) is 10.0. The summed E-state index contributed by atoms with van der Waals surface area (Å²) >= 11 is 3.20. The molecular formula is C12H9BrN4O2S. The summed E-state index contributed by atoms with van der Waals surface area (Å²) in [6.45, 7) is 0. The number of benzene rings is 1. The molecule has 6 nitrogen and oxygen atoms in total. The Labute approximate surface area is 124 Å². The lowest BCUT2D eigenvalue weighted by atomic mass is 10.2. The van der Waals surface area contributed by atoms with E-state index >= 15 is 0 Å². The number of halogens is 1. The fourth-order valence-corrected chi connectivity index (χ4v) is 3.13. The Hall–Kier alpha value is -2.11. The summed E-state index contributed by atoms with van der Waals surface area (Å²) in [4.78, 5) is 3.82. The molecule has 0 saturated heterocycles. The van der Waals surface area contributed by atoms with E-state index in [1.165, 1.54) is 24.4 Å². The van der Waals surface area contributed by atoms with Crippen LogP contribution in [0.3, 0.4) is 0 Å². The van der Waals surface area contributed by atoms with Crippen LogP contribution in [0.1, 0.15) is 5.56 Å². The van der Waals surface area contributed by atoms with Gasteiger partial charge in [0, 0.05) is 6.20 Å². The number of sulfonamides is 1.